The van der Waals surface area contributed by atoms with Crippen LogP contribution in [0.25, 0.3) is 0 Å². The molecule has 0 aliphatic heterocycles. The summed E-state index contributed by atoms with van der Waals surface area (Å²) in [7, 11) is -4.18. The highest BCUT2D eigenvalue weighted by Crippen LogP contribution is 2.35. The molecule has 0 aromatic heterocycles. The second kappa shape index (κ2) is 6.48. The van der Waals surface area contributed by atoms with Gasteiger partial charge in [0.05, 0.1) is 4.92 Å². The number of benzene rings is 2. The van der Waals surface area contributed by atoms with Gasteiger partial charge in [-0.25, -0.2) is 0 Å². The van der Waals surface area contributed by atoms with Crippen molar-refractivity contribution >= 4 is 15.8 Å². The van der Waals surface area contributed by atoms with Crippen LogP contribution in [0.1, 0.15) is 37.5 Å². The molecule has 0 atom stereocenters. The summed E-state index contributed by atoms with van der Waals surface area (Å²) >= 11 is 0. The number of nitrogens with zero attached hydrogens (tertiary/aromatic N) is 1. The average Bonchev–Trinajstić information content (AvgIpc) is 2.48. The van der Waals surface area contributed by atoms with Crippen molar-refractivity contribution < 1.29 is 17.5 Å². The molecule has 25 heavy (non-hydrogen) atoms. The van der Waals surface area contributed by atoms with Crippen LogP contribution in [0.2, 0.25) is 0 Å². The van der Waals surface area contributed by atoms with E-state index >= 15 is 0 Å². The Labute approximate surface area is 147 Å². The zero-order valence-corrected chi connectivity index (χ0v) is 15.7. The molecule has 0 saturated heterocycles. The molecule has 0 radical (unpaired) electrons. The minimum atomic E-state index is -4.18. The Balaban J connectivity index is 2.52. The van der Waals surface area contributed by atoms with Crippen LogP contribution >= 0.6 is 0 Å². The molecule has 0 aliphatic carbocycles. The van der Waals surface area contributed by atoms with Crippen LogP contribution in [0, 0.1) is 24.0 Å². The van der Waals surface area contributed by atoms with Crippen molar-refractivity contribution in [3.8, 4) is 5.75 Å². The zero-order valence-electron chi connectivity index (χ0n) is 14.9. The third kappa shape index (κ3) is 3.99. The van der Waals surface area contributed by atoms with Crippen molar-refractivity contribution in [2.75, 3.05) is 0 Å². The topological polar surface area (TPSA) is 86.5 Å². The maximum absolute atomic E-state index is 12.6. The Morgan fingerprint density at radius 2 is 1.72 bits per heavy atom. The second-order valence-corrected chi connectivity index (χ2v) is 8.44. The van der Waals surface area contributed by atoms with Gasteiger partial charge in [-0.15, -0.1) is 0 Å². The van der Waals surface area contributed by atoms with Gasteiger partial charge in [-0.2, -0.15) is 8.42 Å². The fourth-order valence-electron chi connectivity index (χ4n) is 2.36. The SMILES string of the molecule is Cc1cccc(S(=O)(=O)Oc2ccc(C(C)(C)C)cc2[N+](=O)[O-])c1C. The third-order valence-electron chi connectivity index (χ3n) is 4.05. The lowest BCUT2D eigenvalue weighted by molar-refractivity contribution is -0.385. The van der Waals surface area contributed by atoms with E-state index in [9.17, 15) is 18.5 Å². The number of hydrogen-bond donors (Lipinski definition) is 0. The lowest BCUT2D eigenvalue weighted by Crippen LogP contribution is -2.14. The number of rotatable bonds is 4. The maximum Gasteiger partial charge on any atom is 0.339 e. The molecular formula is C18H21NO5S. The average molecular weight is 363 g/mol. The van der Waals surface area contributed by atoms with Crippen LogP contribution in [0.4, 0.5) is 5.69 Å². The van der Waals surface area contributed by atoms with E-state index in [4.69, 9.17) is 4.18 Å². The summed E-state index contributed by atoms with van der Waals surface area (Å²) in [5.41, 5.74) is 1.38. The van der Waals surface area contributed by atoms with Crippen LogP contribution in [-0.4, -0.2) is 13.3 Å². The van der Waals surface area contributed by atoms with Gasteiger partial charge in [-0.1, -0.05) is 39.0 Å². The molecule has 0 bridgehead atoms. The van der Waals surface area contributed by atoms with E-state index in [2.05, 4.69) is 0 Å². The lowest BCUT2D eigenvalue weighted by Gasteiger charge is -2.19. The first-order valence-corrected chi connectivity index (χ1v) is 9.14. The highest BCUT2D eigenvalue weighted by Gasteiger charge is 2.27. The third-order valence-corrected chi connectivity index (χ3v) is 5.43. The van der Waals surface area contributed by atoms with E-state index in [0.717, 1.165) is 11.1 Å². The molecule has 134 valence electrons. The van der Waals surface area contributed by atoms with Gasteiger partial charge in [0.25, 0.3) is 0 Å². The standard InChI is InChI=1S/C18H21NO5S/c1-12-7-6-8-17(13(12)2)25(22,23)24-16-10-9-14(18(3,4)5)11-15(16)19(20)21/h6-11H,1-5H3. The van der Waals surface area contributed by atoms with Crippen molar-refractivity contribution in [1.82, 2.24) is 0 Å². The van der Waals surface area contributed by atoms with E-state index in [1.54, 1.807) is 32.0 Å². The summed E-state index contributed by atoms with van der Waals surface area (Å²) in [5, 5.41) is 11.4. The smallest absolute Gasteiger partial charge is 0.339 e. The highest BCUT2D eigenvalue weighted by atomic mass is 32.2. The second-order valence-electron chi connectivity index (χ2n) is 6.93. The molecule has 0 N–H and O–H groups in total. The zero-order chi connectivity index (χ0) is 19.0. The molecule has 2 aromatic carbocycles. The quantitative estimate of drug-likeness (QED) is 0.460. The monoisotopic (exact) mass is 363 g/mol. The summed E-state index contributed by atoms with van der Waals surface area (Å²) in [6, 6.07) is 9.15. The Kier molecular flexibility index (Phi) is 4.90. The van der Waals surface area contributed by atoms with Crippen LogP contribution in [0.3, 0.4) is 0 Å². The summed E-state index contributed by atoms with van der Waals surface area (Å²) < 4.78 is 30.3. The van der Waals surface area contributed by atoms with Gasteiger partial charge in [-0.05, 0) is 48.1 Å². The fraction of sp³-hybridized carbons (Fsp3) is 0.333. The van der Waals surface area contributed by atoms with Crippen LogP contribution in [0.5, 0.6) is 5.75 Å². The number of nitro benzene ring substituents is 1. The van der Waals surface area contributed by atoms with Crippen LogP contribution in [0.15, 0.2) is 41.3 Å². The summed E-state index contributed by atoms with van der Waals surface area (Å²) in [6.07, 6.45) is 0. The normalized spacial score (nSPS) is 12.0. The van der Waals surface area contributed by atoms with Crippen molar-refractivity contribution in [3.05, 3.63) is 63.2 Å². The number of nitro groups is 1. The van der Waals surface area contributed by atoms with Crippen molar-refractivity contribution in [3.63, 3.8) is 0 Å². The Morgan fingerprint density at radius 1 is 1.08 bits per heavy atom. The molecule has 0 heterocycles. The summed E-state index contributed by atoms with van der Waals surface area (Å²) in [4.78, 5) is 10.7. The summed E-state index contributed by atoms with van der Waals surface area (Å²) in [5.74, 6) is -0.293. The van der Waals surface area contributed by atoms with Crippen molar-refractivity contribution in [2.24, 2.45) is 0 Å². The molecule has 6 nitrogen and oxygen atoms in total. The molecule has 0 amide bonds. The van der Waals surface area contributed by atoms with Gasteiger partial charge >= 0.3 is 15.8 Å². The van der Waals surface area contributed by atoms with E-state index in [1.165, 1.54) is 18.2 Å². The molecule has 0 aliphatic rings. The van der Waals surface area contributed by atoms with Crippen LogP contribution in [-0.2, 0) is 15.5 Å². The molecule has 0 saturated carbocycles. The predicted molar refractivity (Wildman–Crippen MR) is 95.5 cm³/mol. The Hall–Kier alpha value is -2.41. The molecule has 7 heteroatoms. The number of hydrogen-bond acceptors (Lipinski definition) is 5. The first kappa shape index (κ1) is 18.9. The summed E-state index contributed by atoms with van der Waals surface area (Å²) in [6.45, 7) is 9.20. The van der Waals surface area contributed by atoms with Crippen molar-refractivity contribution in [2.45, 2.75) is 44.9 Å². The lowest BCUT2D eigenvalue weighted by atomic mass is 9.87. The molecule has 0 unspecified atom stereocenters. The fourth-order valence-corrected chi connectivity index (χ4v) is 3.60. The van der Waals surface area contributed by atoms with Gasteiger partial charge in [0, 0.05) is 6.07 Å². The van der Waals surface area contributed by atoms with Gasteiger partial charge in [-0.3, -0.25) is 10.1 Å². The van der Waals surface area contributed by atoms with E-state index in [-0.39, 0.29) is 21.7 Å². The first-order chi connectivity index (χ1) is 11.4. The van der Waals surface area contributed by atoms with E-state index in [1.807, 2.05) is 20.8 Å². The molecule has 0 spiro atoms. The molecule has 2 rings (SSSR count). The maximum atomic E-state index is 12.6. The van der Waals surface area contributed by atoms with Crippen molar-refractivity contribution in [1.29, 1.82) is 0 Å². The molecule has 0 fully saturated rings. The molecule has 2 aromatic rings. The minimum Gasteiger partial charge on any atom is -0.372 e. The Bertz CT molecular complexity index is 927. The van der Waals surface area contributed by atoms with Gasteiger partial charge in [0.1, 0.15) is 4.90 Å². The minimum absolute atomic E-state index is 0.00157. The Morgan fingerprint density at radius 3 is 2.28 bits per heavy atom. The van der Waals surface area contributed by atoms with Crippen LogP contribution < -0.4 is 4.18 Å². The first-order valence-electron chi connectivity index (χ1n) is 7.73. The number of aryl methyl sites for hydroxylation is 1. The highest BCUT2D eigenvalue weighted by molar-refractivity contribution is 7.87. The van der Waals surface area contributed by atoms with Gasteiger partial charge in [0.2, 0.25) is 5.75 Å². The van der Waals surface area contributed by atoms with E-state index in [0.29, 0.717) is 5.56 Å². The predicted octanol–water partition coefficient (Wildman–Crippen LogP) is 4.28. The largest absolute Gasteiger partial charge is 0.372 e. The molecular weight excluding hydrogens is 342 g/mol. The van der Waals surface area contributed by atoms with Gasteiger partial charge < -0.3 is 4.18 Å². The van der Waals surface area contributed by atoms with Gasteiger partial charge in [0.15, 0.2) is 0 Å². The van der Waals surface area contributed by atoms with E-state index < -0.39 is 15.0 Å².